The van der Waals surface area contributed by atoms with Crippen LogP contribution in [0.4, 0.5) is 0 Å². The molecule has 1 aromatic heterocycles. The first kappa shape index (κ1) is 36.9. The van der Waals surface area contributed by atoms with Crippen LogP contribution in [0.1, 0.15) is 74.3 Å². The number of aromatic nitrogens is 1. The van der Waals surface area contributed by atoms with Crippen LogP contribution in [0, 0.1) is 0 Å². The maximum Gasteiger partial charge on any atom is 0.252 e. The lowest BCUT2D eigenvalue weighted by Crippen LogP contribution is -2.37. The van der Waals surface area contributed by atoms with Gasteiger partial charge in [-0.1, -0.05) is 67.7 Å². The summed E-state index contributed by atoms with van der Waals surface area (Å²) in [4.78, 5) is 31.1. The molecule has 1 aliphatic heterocycles. The first-order valence-electron chi connectivity index (χ1n) is 16.3. The van der Waals surface area contributed by atoms with Crippen molar-refractivity contribution in [1.82, 2.24) is 20.5 Å². The molecule has 2 heterocycles. The number of unbranched alkanes of at least 4 members (excludes halogenated alkanes) is 1. The minimum absolute atomic E-state index is 0.0372. The Hall–Kier alpha value is -3.33. The third-order valence-corrected chi connectivity index (χ3v) is 6.91. The van der Waals surface area contributed by atoms with Gasteiger partial charge in [-0.25, -0.2) is 0 Å². The van der Waals surface area contributed by atoms with Crippen molar-refractivity contribution in [2.24, 2.45) is 0 Å². The van der Waals surface area contributed by atoms with Gasteiger partial charge in [0.15, 0.2) is 0 Å². The lowest BCUT2D eigenvalue weighted by molar-refractivity contribution is -0.121. The molecule has 0 saturated carbocycles. The van der Waals surface area contributed by atoms with E-state index >= 15 is 0 Å². The molecule has 8 nitrogen and oxygen atoms in total. The molecule has 1 aromatic rings. The summed E-state index contributed by atoms with van der Waals surface area (Å²) < 4.78 is 10.9. The van der Waals surface area contributed by atoms with Crippen molar-refractivity contribution in [3.63, 3.8) is 0 Å². The molecule has 8 heteroatoms. The molecular weight excluding hydrogens is 552 g/mol. The largest absolute Gasteiger partial charge is 0.379 e. The second-order valence-electron chi connectivity index (χ2n) is 10.6. The Morgan fingerprint density at radius 2 is 1.48 bits per heavy atom. The van der Waals surface area contributed by atoms with E-state index in [0.29, 0.717) is 38.3 Å². The molecule has 1 fully saturated rings. The van der Waals surface area contributed by atoms with Crippen LogP contribution in [0.3, 0.4) is 0 Å². The molecule has 2 N–H and O–H groups in total. The Kier molecular flexibility index (Phi) is 21.9. The van der Waals surface area contributed by atoms with Gasteiger partial charge in [-0.15, -0.1) is 0 Å². The number of ether oxygens (including phenoxy) is 2. The van der Waals surface area contributed by atoms with Crippen LogP contribution in [0.25, 0.3) is 0 Å². The first-order chi connectivity index (χ1) is 21.7. The third kappa shape index (κ3) is 19.8. The minimum atomic E-state index is -0.165. The summed E-state index contributed by atoms with van der Waals surface area (Å²) in [7, 11) is 0. The molecular formula is C36H54N4O4. The van der Waals surface area contributed by atoms with Gasteiger partial charge in [0, 0.05) is 57.5 Å². The second-order valence-corrected chi connectivity index (χ2v) is 10.6. The zero-order chi connectivity index (χ0) is 31.3. The average molecular weight is 607 g/mol. The average Bonchev–Trinajstić information content (AvgIpc) is 3.05. The van der Waals surface area contributed by atoms with E-state index in [1.54, 1.807) is 6.20 Å². The maximum atomic E-state index is 12.3. The van der Waals surface area contributed by atoms with Crippen LogP contribution in [-0.4, -0.2) is 80.8 Å². The fourth-order valence-electron chi connectivity index (χ4n) is 4.35. The molecule has 0 radical (unpaired) electrons. The molecule has 0 bridgehead atoms. The number of carbonyl (C=O) groups is 2. The SMILES string of the molecule is CC/C=C\C/C=C\C/C=C\C/C=C\C/C=C\CCCC(=O)NCCOCCNC(=O)c1ccc(CCN2CCOCC2)nc1. The van der Waals surface area contributed by atoms with Gasteiger partial charge in [-0.3, -0.25) is 19.5 Å². The third-order valence-electron chi connectivity index (χ3n) is 6.91. The molecule has 1 saturated heterocycles. The molecule has 44 heavy (non-hydrogen) atoms. The van der Waals surface area contributed by atoms with E-state index in [1.807, 2.05) is 12.1 Å². The van der Waals surface area contributed by atoms with Crippen LogP contribution in [0.5, 0.6) is 0 Å². The molecule has 0 aromatic carbocycles. The quantitative estimate of drug-likeness (QED) is 0.122. The van der Waals surface area contributed by atoms with E-state index < -0.39 is 0 Å². The standard InChI is InChI=1S/C36H54N4O4/c1-2-3-4-5-6-7-8-9-10-11-12-13-14-15-16-17-18-19-35(41)37-23-28-43-29-24-38-36(42)33-20-21-34(39-32-33)22-25-40-26-30-44-31-27-40/h3-4,6-7,9-10,12-13,15-16,20-21,32H,2,5,8,11,14,17-19,22-31H2,1H3,(H,37,41)(H,38,42)/b4-3-,7-6-,10-9-,13-12-,16-15-. The van der Waals surface area contributed by atoms with Crippen molar-refractivity contribution >= 4 is 11.8 Å². The molecule has 0 unspecified atom stereocenters. The van der Waals surface area contributed by atoms with E-state index in [1.165, 1.54) is 0 Å². The minimum Gasteiger partial charge on any atom is -0.379 e. The number of morpholine rings is 1. The van der Waals surface area contributed by atoms with Crippen molar-refractivity contribution in [2.75, 3.05) is 59.2 Å². The smallest absolute Gasteiger partial charge is 0.252 e. The fraction of sp³-hybridized carbons (Fsp3) is 0.528. The van der Waals surface area contributed by atoms with Crippen molar-refractivity contribution in [3.8, 4) is 0 Å². The van der Waals surface area contributed by atoms with E-state index in [4.69, 9.17) is 9.47 Å². The molecule has 242 valence electrons. The van der Waals surface area contributed by atoms with Crippen molar-refractivity contribution in [2.45, 2.75) is 64.7 Å². The van der Waals surface area contributed by atoms with Gasteiger partial charge in [0.05, 0.1) is 32.0 Å². The number of amides is 2. The number of hydrogen-bond donors (Lipinski definition) is 2. The van der Waals surface area contributed by atoms with Gasteiger partial charge in [-0.05, 0) is 57.1 Å². The Morgan fingerprint density at radius 1 is 0.864 bits per heavy atom. The zero-order valence-electron chi connectivity index (χ0n) is 26.8. The van der Waals surface area contributed by atoms with Gasteiger partial charge in [0.2, 0.25) is 5.91 Å². The van der Waals surface area contributed by atoms with Crippen LogP contribution in [0.15, 0.2) is 79.1 Å². The second kappa shape index (κ2) is 26.1. The van der Waals surface area contributed by atoms with E-state index in [0.717, 1.165) is 89.9 Å². The number of nitrogens with one attached hydrogen (secondary N) is 2. The fourth-order valence-corrected chi connectivity index (χ4v) is 4.35. The number of pyridine rings is 1. The van der Waals surface area contributed by atoms with Crippen LogP contribution < -0.4 is 10.6 Å². The number of carbonyl (C=O) groups excluding carboxylic acids is 2. The van der Waals surface area contributed by atoms with Gasteiger partial charge in [0.1, 0.15) is 0 Å². The number of rotatable bonds is 23. The highest BCUT2D eigenvalue weighted by Crippen LogP contribution is 2.04. The van der Waals surface area contributed by atoms with Crippen LogP contribution in [-0.2, 0) is 20.7 Å². The molecule has 0 aliphatic carbocycles. The Labute approximate surface area is 265 Å². The number of nitrogens with zero attached hydrogens (tertiary/aromatic N) is 2. The van der Waals surface area contributed by atoms with Crippen LogP contribution in [0.2, 0.25) is 0 Å². The molecule has 2 rings (SSSR count). The maximum absolute atomic E-state index is 12.3. The topological polar surface area (TPSA) is 92.8 Å². The van der Waals surface area contributed by atoms with Gasteiger partial charge >= 0.3 is 0 Å². The van der Waals surface area contributed by atoms with Crippen molar-refractivity contribution in [1.29, 1.82) is 0 Å². The summed E-state index contributed by atoms with van der Waals surface area (Å²) >= 11 is 0. The lowest BCUT2D eigenvalue weighted by atomic mass is 10.2. The molecule has 2 amide bonds. The predicted octanol–water partition coefficient (Wildman–Crippen LogP) is 5.74. The summed E-state index contributed by atoms with van der Waals surface area (Å²) in [5.41, 5.74) is 1.52. The van der Waals surface area contributed by atoms with Crippen LogP contribution >= 0.6 is 0 Å². The molecule has 0 spiro atoms. The number of allylic oxidation sites excluding steroid dienone is 10. The highest BCUT2D eigenvalue weighted by Gasteiger charge is 2.11. The molecule has 0 atom stereocenters. The lowest BCUT2D eigenvalue weighted by Gasteiger charge is -2.26. The Morgan fingerprint density at radius 3 is 2.09 bits per heavy atom. The normalized spacial score (nSPS) is 14.6. The Balaban J connectivity index is 1.38. The zero-order valence-corrected chi connectivity index (χ0v) is 26.8. The monoisotopic (exact) mass is 606 g/mol. The molecule has 1 aliphatic rings. The first-order valence-corrected chi connectivity index (χ1v) is 16.3. The van der Waals surface area contributed by atoms with Crippen molar-refractivity contribution in [3.05, 3.63) is 90.3 Å². The number of hydrogen-bond acceptors (Lipinski definition) is 6. The predicted molar refractivity (Wildman–Crippen MR) is 180 cm³/mol. The van der Waals surface area contributed by atoms with Gasteiger partial charge < -0.3 is 20.1 Å². The van der Waals surface area contributed by atoms with Gasteiger partial charge in [-0.2, -0.15) is 0 Å². The van der Waals surface area contributed by atoms with E-state index in [-0.39, 0.29) is 11.8 Å². The summed E-state index contributed by atoms with van der Waals surface area (Å²) in [5, 5.41) is 5.73. The highest BCUT2D eigenvalue weighted by atomic mass is 16.5. The van der Waals surface area contributed by atoms with E-state index in [2.05, 4.69) is 88.2 Å². The summed E-state index contributed by atoms with van der Waals surface area (Å²) in [6, 6.07) is 3.73. The summed E-state index contributed by atoms with van der Waals surface area (Å²) in [6.07, 6.45) is 31.5. The highest BCUT2D eigenvalue weighted by molar-refractivity contribution is 5.93. The van der Waals surface area contributed by atoms with Gasteiger partial charge in [0.25, 0.3) is 5.91 Å². The summed E-state index contributed by atoms with van der Waals surface area (Å²) in [6.45, 7) is 8.26. The van der Waals surface area contributed by atoms with E-state index in [9.17, 15) is 9.59 Å². The Bertz CT molecular complexity index is 1040. The summed E-state index contributed by atoms with van der Waals surface area (Å²) in [5.74, 6) is -0.128. The van der Waals surface area contributed by atoms with Crippen molar-refractivity contribution < 1.29 is 19.1 Å².